The smallest absolute Gasteiger partial charge is 0.227 e. The summed E-state index contributed by atoms with van der Waals surface area (Å²) in [7, 11) is 0. The second kappa shape index (κ2) is 6.73. The summed E-state index contributed by atoms with van der Waals surface area (Å²) < 4.78 is 0. The number of nitrogens with zero attached hydrogens (tertiary/aromatic N) is 1. The lowest BCUT2D eigenvalue weighted by atomic mass is 9.88. The van der Waals surface area contributed by atoms with E-state index in [2.05, 4.69) is 25.2 Å². The van der Waals surface area contributed by atoms with Crippen molar-refractivity contribution in [3.63, 3.8) is 0 Å². The van der Waals surface area contributed by atoms with Crippen LogP contribution < -0.4 is 5.32 Å². The fourth-order valence-corrected chi connectivity index (χ4v) is 3.97. The van der Waals surface area contributed by atoms with Crippen molar-refractivity contribution in [1.82, 2.24) is 4.90 Å². The van der Waals surface area contributed by atoms with E-state index in [9.17, 15) is 9.59 Å². The number of likely N-dealkylation sites (tertiary alicyclic amines) is 1. The van der Waals surface area contributed by atoms with E-state index >= 15 is 0 Å². The van der Waals surface area contributed by atoms with E-state index in [1.807, 2.05) is 23.1 Å². The van der Waals surface area contributed by atoms with Gasteiger partial charge in [0, 0.05) is 31.1 Å². The molecule has 0 aromatic heterocycles. The van der Waals surface area contributed by atoms with Crippen molar-refractivity contribution in [3.8, 4) is 0 Å². The lowest BCUT2D eigenvalue weighted by molar-refractivity contribution is -0.134. The summed E-state index contributed by atoms with van der Waals surface area (Å²) in [4.78, 5) is 26.7. The van der Waals surface area contributed by atoms with Crippen LogP contribution in [0.15, 0.2) is 24.3 Å². The predicted molar refractivity (Wildman–Crippen MR) is 91.0 cm³/mol. The maximum absolute atomic E-state index is 12.5. The number of benzene rings is 1. The van der Waals surface area contributed by atoms with E-state index in [0.29, 0.717) is 24.7 Å². The molecule has 1 N–H and O–H groups in total. The molecule has 2 aliphatic rings. The monoisotopic (exact) mass is 314 g/mol. The third kappa shape index (κ3) is 3.74. The number of carbonyl (C=O) groups excluding carboxylic acids is 2. The summed E-state index contributed by atoms with van der Waals surface area (Å²) in [5.41, 5.74) is 2.09. The summed E-state index contributed by atoms with van der Waals surface area (Å²) >= 11 is 0. The Morgan fingerprint density at radius 3 is 2.65 bits per heavy atom. The SMILES string of the molecule is CC1CC(C)CN(C(=O)CCC2Cc3ccccc3NC2=O)C1. The maximum Gasteiger partial charge on any atom is 0.227 e. The molecule has 0 saturated carbocycles. The van der Waals surface area contributed by atoms with Crippen LogP contribution >= 0.6 is 0 Å². The Labute approximate surface area is 138 Å². The van der Waals surface area contributed by atoms with Gasteiger partial charge in [0.1, 0.15) is 0 Å². The van der Waals surface area contributed by atoms with Crippen LogP contribution in [0.5, 0.6) is 0 Å². The second-order valence-corrected chi connectivity index (χ2v) is 7.33. The van der Waals surface area contributed by atoms with Crippen molar-refractivity contribution < 1.29 is 9.59 Å². The first-order valence-corrected chi connectivity index (χ1v) is 8.69. The number of hydrogen-bond acceptors (Lipinski definition) is 2. The number of amides is 2. The van der Waals surface area contributed by atoms with Gasteiger partial charge in [-0.3, -0.25) is 9.59 Å². The van der Waals surface area contributed by atoms with Gasteiger partial charge in [-0.15, -0.1) is 0 Å². The molecule has 3 atom stereocenters. The minimum Gasteiger partial charge on any atom is -0.342 e. The molecule has 1 aromatic carbocycles. The Morgan fingerprint density at radius 1 is 1.22 bits per heavy atom. The number of hydrogen-bond donors (Lipinski definition) is 1. The van der Waals surface area contributed by atoms with Crippen LogP contribution in [-0.2, 0) is 16.0 Å². The Bertz CT molecular complexity index is 589. The van der Waals surface area contributed by atoms with Gasteiger partial charge in [-0.2, -0.15) is 0 Å². The van der Waals surface area contributed by atoms with Crippen LogP contribution in [0.25, 0.3) is 0 Å². The van der Waals surface area contributed by atoms with Crippen molar-refractivity contribution in [2.24, 2.45) is 17.8 Å². The highest BCUT2D eigenvalue weighted by molar-refractivity contribution is 5.96. The minimum atomic E-state index is -0.0894. The van der Waals surface area contributed by atoms with Gasteiger partial charge in [0.2, 0.25) is 11.8 Å². The summed E-state index contributed by atoms with van der Waals surface area (Å²) in [5, 5.41) is 2.96. The molecule has 124 valence electrons. The molecule has 2 amide bonds. The number of rotatable bonds is 3. The van der Waals surface area contributed by atoms with Gasteiger partial charge in [0.25, 0.3) is 0 Å². The van der Waals surface area contributed by atoms with Gasteiger partial charge in [0.15, 0.2) is 0 Å². The fourth-order valence-electron chi connectivity index (χ4n) is 3.97. The third-order valence-electron chi connectivity index (χ3n) is 5.04. The zero-order valence-corrected chi connectivity index (χ0v) is 14.0. The number of anilines is 1. The highest BCUT2D eigenvalue weighted by Gasteiger charge is 2.29. The molecule has 23 heavy (non-hydrogen) atoms. The maximum atomic E-state index is 12.5. The van der Waals surface area contributed by atoms with E-state index in [1.54, 1.807) is 0 Å². The van der Waals surface area contributed by atoms with Crippen LogP contribution in [0.4, 0.5) is 5.69 Å². The zero-order valence-electron chi connectivity index (χ0n) is 14.0. The van der Waals surface area contributed by atoms with Crippen molar-refractivity contribution in [1.29, 1.82) is 0 Å². The van der Waals surface area contributed by atoms with Crippen LogP contribution in [0.1, 0.15) is 38.7 Å². The number of fused-ring (bicyclic) bond motifs is 1. The van der Waals surface area contributed by atoms with E-state index in [-0.39, 0.29) is 17.7 Å². The molecule has 4 heteroatoms. The first-order valence-electron chi connectivity index (χ1n) is 8.69. The van der Waals surface area contributed by atoms with Crippen LogP contribution in [0.2, 0.25) is 0 Å². The van der Waals surface area contributed by atoms with Crippen LogP contribution in [-0.4, -0.2) is 29.8 Å². The molecule has 3 unspecified atom stereocenters. The number of para-hydroxylation sites is 1. The molecular formula is C19H26N2O2. The first kappa shape index (κ1) is 16.0. The topological polar surface area (TPSA) is 49.4 Å². The standard InChI is InChI=1S/C19H26N2O2/c1-13-9-14(2)12-21(11-13)18(22)8-7-16-10-15-5-3-4-6-17(15)20-19(16)23/h3-6,13-14,16H,7-12H2,1-2H3,(H,20,23). The Hall–Kier alpha value is -1.84. The summed E-state index contributed by atoms with van der Waals surface area (Å²) in [6, 6.07) is 7.92. The molecule has 4 nitrogen and oxygen atoms in total. The summed E-state index contributed by atoms with van der Waals surface area (Å²) in [6.07, 6.45) is 3.05. The normalized spacial score (nSPS) is 27.3. The Kier molecular flexibility index (Phi) is 4.69. The lowest BCUT2D eigenvalue weighted by Gasteiger charge is -2.35. The van der Waals surface area contributed by atoms with Crippen molar-refractivity contribution in [3.05, 3.63) is 29.8 Å². The van der Waals surface area contributed by atoms with Gasteiger partial charge in [0.05, 0.1) is 0 Å². The van der Waals surface area contributed by atoms with E-state index in [4.69, 9.17) is 0 Å². The molecule has 0 aliphatic carbocycles. The molecule has 2 aliphatic heterocycles. The second-order valence-electron chi connectivity index (χ2n) is 7.33. The highest BCUT2D eigenvalue weighted by atomic mass is 16.2. The van der Waals surface area contributed by atoms with Crippen LogP contribution in [0, 0.1) is 17.8 Å². The molecule has 0 bridgehead atoms. The predicted octanol–water partition coefficient (Wildman–Crippen LogP) is 3.08. The average Bonchev–Trinajstić information content (AvgIpc) is 2.51. The van der Waals surface area contributed by atoms with Gasteiger partial charge < -0.3 is 10.2 Å². The fraction of sp³-hybridized carbons (Fsp3) is 0.579. The molecule has 1 fully saturated rings. The van der Waals surface area contributed by atoms with E-state index in [0.717, 1.165) is 25.2 Å². The largest absolute Gasteiger partial charge is 0.342 e. The van der Waals surface area contributed by atoms with Gasteiger partial charge in [-0.25, -0.2) is 0 Å². The molecule has 2 heterocycles. The molecule has 0 spiro atoms. The average molecular weight is 314 g/mol. The Morgan fingerprint density at radius 2 is 1.91 bits per heavy atom. The highest BCUT2D eigenvalue weighted by Crippen LogP contribution is 2.28. The lowest BCUT2D eigenvalue weighted by Crippen LogP contribution is -2.43. The molecule has 0 radical (unpaired) electrons. The van der Waals surface area contributed by atoms with E-state index in [1.165, 1.54) is 12.0 Å². The van der Waals surface area contributed by atoms with Gasteiger partial charge >= 0.3 is 0 Å². The quantitative estimate of drug-likeness (QED) is 0.932. The van der Waals surface area contributed by atoms with Crippen LogP contribution in [0.3, 0.4) is 0 Å². The summed E-state index contributed by atoms with van der Waals surface area (Å²) in [6.45, 7) is 6.15. The molecular weight excluding hydrogens is 288 g/mol. The number of carbonyl (C=O) groups is 2. The summed E-state index contributed by atoms with van der Waals surface area (Å²) in [5.74, 6) is 1.32. The number of nitrogens with one attached hydrogen (secondary N) is 1. The molecule has 1 aromatic rings. The van der Waals surface area contributed by atoms with E-state index < -0.39 is 0 Å². The molecule has 3 rings (SSSR count). The first-order chi connectivity index (χ1) is 11.0. The zero-order chi connectivity index (χ0) is 16.4. The Balaban J connectivity index is 1.56. The minimum absolute atomic E-state index is 0.0527. The third-order valence-corrected chi connectivity index (χ3v) is 5.04. The van der Waals surface area contributed by atoms with Crippen molar-refractivity contribution >= 4 is 17.5 Å². The van der Waals surface area contributed by atoms with Crippen molar-refractivity contribution in [2.75, 3.05) is 18.4 Å². The van der Waals surface area contributed by atoms with Crippen molar-refractivity contribution in [2.45, 2.75) is 39.5 Å². The van der Waals surface area contributed by atoms with Gasteiger partial charge in [-0.1, -0.05) is 32.0 Å². The molecule has 1 saturated heterocycles. The number of piperidine rings is 1. The van der Waals surface area contributed by atoms with Gasteiger partial charge in [-0.05, 0) is 42.7 Å².